The van der Waals surface area contributed by atoms with Crippen molar-refractivity contribution in [1.29, 1.82) is 0 Å². The molecule has 0 N–H and O–H groups in total. The van der Waals surface area contributed by atoms with E-state index >= 15 is 0 Å². The minimum Gasteiger partial charge on any atom is -0.494 e. The van der Waals surface area contributed by atoms with Crippen molar-refractivity contribution in [3.8, 4) is 34.1 Å². The van der Waals surface area contributed by atoms with E-state index in [9.17, 15) is 0 Å². The second kappa shape index (κ2) is 6.07. The Kier molecular flexibility index (Phi) is 3.98. The van der Waals surface area contributed by atoms with Crippen LogP contribution in [-0.2, 0) is 0 Å². The number of rotatable bonds is 4. The van der Waals surface area contributed by atoms with Crippen molar-refractivity contribution in [3.05, 3.63) is 48.1 Å². The van der Waals surface area contributed by atoms with Crippen LogP contribution in [0.2, 0.25) is 5.02 Å². The molecule has 0 radical (unpaired) electrons. The molecule has 0 amide bonds. The number of nitrogens with zero attached hydrogens (tertiary/aromatic N) is 2. The second-order valence-electron chi connectivity index (χ2n) is 4.48. The Morgan fingerprint density at radius 2 is 1.86 bits per heavy atom. The molecule has 1 aromatic carbocycles. The predicted octanol–water partition coefficient (Wildman–Crippen LogP) is 4.07. The molecule has 0 bridgehead atoms. The predicted molar refractivity (Wildman–Crippen MR) is 83.3 cm³/mol. The first-order chi connectivity index (χ1) is 10.7. The van der Waals surface area contributed by atoms with Crippen LogP contribution in [0.25, 0.3) is 22.5 Å². The molecule has 0 aliphatic heterocycles. The summed E-state index contributed by atoms with van der Waals surface area (Å²) >= 11 is 6.16. The molecular formula is C16H13ClN2O3. The monoisotopic (exact) mass is 316 g/mol. The molecule has 5 nitrogen and oxygen atoms in total. The van der Waals surface area contributed by atoms with E-state index in [1.54, 1.807) is 38.7 Å². The van der Waals surface area contributed by atoms with Crippen LogP contribution in [0, 0.1) is 0 Å². The number of hydrogen-bond acceptors (Lipinski definition) is 5. The Labute approximate surface area is 132 Å². The molecular weight excluding hydrogens is 304 g/mol. The highest BCUT2D eigenvalue weighted by atomic mass is 35.5. The maximum Gasteiger partial charge on any atom is 0.213 e. The lowest BCUT2D eigenvalue weighted by Gasteiger charge is -2.13. The molecule has 0 atom stereocenters. The van der Waals surface area contributed by atoms with E-state index in [1.807, 2.05) is 12.1 Å². The maximum atomic E-state index is 6.16. The van der Waals surface area contributed by atoms with E-state index in [4.69, 9.17) is 25.5 Å². The molecule has 3 aromatic rings. The average Bonchev–Trinajstić information content (AvgIpc) is 3.08. The van der Waals surface area contributed by atoms with E-state index < -0.39 is 0 Å². The number of aromatic nitrogens is 2. The molecule has 2 aromatic heterocycles. The Morgan fingerprint density at radius 3 is 2.55 bits per heavy atom. The standard InChI is InChI=1S/C16H13ClN2O3/c1-20-14-8-19-16(21-2)6-13(14)12-5-10(17)3-4-11(12)15-7-18-9-22-15/h3-9H,1-2H3. The highest BCUT2D eigenvalue weighted by Crippen LogP contribution is 2.39. The van der Waals surface area contributed by atoms with Gasteiger partial charge in [-0.2, -0.15) is 0 Å². The summed E-state index contributed by atoms with van der Waals surface area (Å²) < 4.78 is 16.0. The summed E-state index contributed by atoms with van der Waals surface area (Å²) in [6, 6.07) is 7.32. The van der Waals surface area contributed by atoms with Gasteiger partial charge in [0.2, 0.25) is 5.88 Å². The average molecular weight is 317 g/mol. The van der Waals surface area contributed by atoms with Crippen LogP contribution in [0.4, 0.5) is 0 Å². The normalized spacial score (nSPS) is 10.5. The lowest BCUT2D eigenvalue weighted by molar-refractivity contribution is 0.388. The summed E-state index contributed by atoms with van der Waals surface area (Å²) in [5, 5.41) is 0.607. The second-order valence-corrected chi connectivity index (χ2v) is 4.92. The molecule has 3 rings (SSSR count). The third kappa shape index (κ3) is 2.63. The smallest absolute Gasteiger partial charge is 0.213 e. The SMILES string of the molecule is COc1cc(-c2cc(Cl)ccc2-c2cnco2)c(OC)cn1. The van der Waals surface area contributed by atoms with E-state index in [2.05, 4.69) is 9.97 Å². The van der Waals surface area contributed by atoms with Gasteiger partial charge < -0.3 is 13.9 Å². The number of ether oxygens (including phenoxy) is 2. The third-order valence-corrected chi connectivity index (χ3v) is 3.48. The molecule has 0 aliphatic carbocycles. The van der Waals surface area contributed by atoms with Crippen molar-refractivity contribution in [2.45, 2.75) is 0 Å². The Balaban J connectivity index is 2.25. The molecule has 0 spiro atoms. The van der Waals surface area contributed by atoms with Gasteiger partial charge in [0.25, 0.3) is 0 Å². The zero-order chi connectivity index (χ0) is 15.5. The molecule has 0 fully saturated rings. The molecule has 0 aliphatic rings. The molecule has 6 heteroatoms. The van der Waals surface area contributed by atoms with Gasteiger partial charge in [-0.1, -0.05) is 11.6 Å². The van der Waals surface area contributed by atoms with Crippen molar-refractivity contribution in [1.82, 2.24) is 9.97 Å². The lowest BCUT2D eigenvalue weighted by atomic mass is 9.98. The van der Waals surface area contributed by atoms with Gasteiger partial charge in [-0.05, 0) is 23.8 Å². The fourth-order valence-electron chi connectivity index (χ4n) is 2.21. The Hall–Kier alpha value is -2.53. The van der Waals surface area contributed by atoms with Gasteiger partial charge in [0.15, 0.2) is 12.2 Å². The summed E-state index contributed by atoms with van der Waals surface area (Å²) in [6.07, 6.45) is 4.65. The number of hydrogen-bond donors (Lipinski definition) is 0. The fraction of sp³-hybridized carbons (Fsp3) is 0.125. The summed E-state index contributed by atoms with van der Waals surface area (Å²) in [5.41, 5.74) is 2.51. The highest BCUT2D eigenvalue weighted by molar-refractivity contribution is 6.31. The summed E-state index contributed by atoms with van der Waals surface area (Å²) in [5.74, 6) is 1.74. The highest BCUT2D eigenvalue weighted by Gasteiger charge is 2.16. The van der Waals surface area contributed by atoms with Gasteiger partial charge in [0.05, 0.1) is 26.6 Å². The van der Waals surface area contributed by atoms with E-state index in [0.717, 1.165) is 16.7 Å². The summed E-state index contributed by atoms with van der Waals surface area (Å²) in [6.45, 7) is 0. The van der Waals surface area contributed by atoms with E-state index in [-0.39, 0.29) is 0 Å². The van der Waals surface area contributed by atoms with Gasteiger partial charge in [0.1, 0.15) is 5.75 Å². The Bertz CT molecular complexity index is 788. The molecule has 22 heavy (non-hydrogen) atoms. The van der Waals surface area contributed by atoms with Crippen LogP contribution in [-0.4, -0.2) is 24.2 Å². The van der Waals surface area contributed by atoms with Gasteiger partial charge >= 0.3 is 0 Å². The van der Waals surface area contributed by atoms with Crippen LogP contribution in [0.5, 0.6) is 11.6 Å². The molecule has 112 valence electrons. The Morgan fingerprint density at radius 1 is 1.00 bits per heavy atom. The van der Waals surface area contributed by atoms with Crippen LogP contribution in [0.15, 0.2) is 47.5 Å². The van der Waals surface area contributed by atoms with Crippen molar-refractivity contribution in [2.75, 3.05) is 14.2 Å². The van der Waals surface area contributed by atoms with Crippen LogP contribution in [0.1, 0.15) is 0 Å². The first kappa shape index (κ1) is 14.4. The summed E-state index contributed by atoms with van der Waals surface area (Å²) in [7, 11) is 3.15. The van der Waals surface area contributed by atoms with Gasteiger partial charge in [-0.3, -0.25) is 0 Å². The third-order valence-electron chi connectivity index (χ3n) is 3.24. The topological polar surface area (TPSA) is 57.4 Å². The first-order valence-electron chi connectivity index (χ1n) is 6.49. The fourth-order valence-corrected chi connectivity index (χ4v) is 2.38. The lowest BCUT2D eigenvalue weighted by Crippen LogP contribution is -1.94. The van der Waals surface area contributed by atoms with Crippen molar-refractivity contribution in [2.24, 2.45) is 0 Å². The molecule has 2 heterocycles. The number of halogens is 1. The quantitative estimate of drug-likeness (QED) is 0.726. The van der Waals surface area contributed by atoms with Crippen LogP contribution >= 0.6 is 11.6 Å². The van der Waals surface area contributed by atoms with Gasteiger partial charge in [-0.25, -0.2) is 9.97 Å². The summed E-state index contributed by atoms with van der Waals surface area (Å²) in [4.78, 5) is 8.12. The molecule has 0 saturated carbocycles. The number of methoxy groups -OCH3 is 2. The van der Waals surface area contributed by atoms with Crippen molar-refractivity contribution >= 4 is 11.6 Å². The van der Waals surface area contributed by atoms with E-state index in [1.165, 1.54) is 6.39 Å². The first-order valence-corrected chi connectivity index (χ1v) is 6.87. The number of oxazole rings is 1. The van der Waals surface area contributed by atoms with Gasteiger partial charge in [0, 0.05) is 22.2 Å². The van der Waals surface area contributed by atoms with Gasteiger partial charge in [-0.15, -0.1) is 0 Å². The molecule has 0 unspecified atom stereocenters. The minimum absolute atomic E-state index is 0.485. The van der Waals surface area contributed by atoms with E-state index in [0.29, 0.717) is 22.4 Å². The van der Waals surface area contributed by atoms with Crippen LogP contribution in [0.3, 0.4) is 0 Å². The minimum atomic E-state index is 0.485. The largest absolute Gasteiger partial charge is 0.494 e. The number of benzene rings is 1. The zero-order valence-corrected chi connectivity index (χ0v) is 12.8. The number of pyridine rings is 1. The zero-order valence-electron chi connectivity index (χ0n) is 12.0. The molecule has 0 saturated heterocycles. The van der Waals surface area contributed by atoms with Crippen molar-refractivity contribution in [3.63, 3.8) is 0 Å². The maximum absolute atomic E-state index is 6.16. The van der Waals surface area contributed by atoms with Crippen LogP contribution < -0.4 is 9.47 Å². The van der Waals surface area contributed by atoms with Crippen molar-refractivity contribution < 1.29 is 13.9 Å².